The molecule has 4 rings (SSSR count). The summed E-state index contributed by atoms with van der Waals surface area (Å²) in [6.07, 6.45) is 9.79. The van der Waals surface area contributed by atoms with Gasteiger partial charge < -0.3 is 9.62 Å². The van der Waals surface area contributed by atoms with E-state index in [-0.39, 0.29) is 10.8 Å². The van der Waals surface area contributed by atoms with Crippen LogP contribution in [-0.2, 0) is 10.0 Å². The highest BCUT2D eigenvalue weighted by molar-refractivity contribution is 7.99. The summed E-state index contributed by atoms with van der Waals surface area (Å²) >= 11 is 2.96. The lowest BCUT2D eigenvalue weighted by Crippen LogP contribution is -2.36. The van der Waals surface area contributed by atoms with Gasteiger partial charge in [0.2, 0.25) is 0 Å². The van der Waals surface area contributed by atoms with Gasteiger partial charge in [-0.05, 0) is 55.5 Å². The molecular weight excluding hydrogens is 464 g/mol. The number of amides is 1. The normalized spacial score (nSPS) is 18.2. The molecule has 10 heteroatoms. The van der Waals surface area contributed by atoms with Crippen LogP contribution in [0.2, 0.25) is 0 Å². The zero-order valence-electron chi connectivity index (χ0n) is 18.2. The van der Waals surface area contributed by atoms with Crippen molar-refractivity contribution in [2.24, 2.45) is 5.92 Å². The van der Waals surface area contributed by atoms with Crippen LogP contribution in [0.5, 0.6) is 0 Å². The van der Waals surface area contributed by atoms with Crippen molar-refractivity contribution in [1.29, 1.82) is 0 Å². The van der Waals surface area contributed by atoms with Crippen molar-refractivity contribution in [3.63, 3.8) is 0 Å². The summed E-state index contributed by atoms with van der Waals surface area (Å²) in [5, 5.41) is 0. The lowest BCUT2D eigenvalue weighted by atomic mass is 10.1. The molecule has 1 amide bonds. The number of piperidine rings is 1. The van der Waals surface area contributed by atoms with Gasteiger partial charge in [-0.2, -0.15) is 0 Å². The standard InChI is InChI=1S/C22H28N4O3S3/c1-16(2)15-30-17-8-9-18(22(27)25-10-4-3-5-11-25)19(13-17)24-32(28,29)21-7-6-12-26-20(21)14-23-31-26/h6-9,12-14,16,23-24H,3-5,10-11,15H2,1-2H3. The highest BCUT2D eigenvalue weighted by atomic mass is 32.2. The molecule has 0 aliphatic carbocycles. The van der Waals surface area contributed by atoms with Crippen molar-refractivity contribution in [3.8, 4) is 0 Å². The molecule has 0 unspecified atom stereocenters. The number of fused-ring (bicyclic) bond motifs is 1. The van der Waals surface area contributed by atoms with Gasteiger partial charge in [-0.3, -0.25) is 13.8 Å². The second kappa shape index (κ2) is 9.84. The molecule has 3 aliphatic heterocycles. The minimum atomic E-state index is -3.91. The Morgan fingerprint density at radius 1 is 1.25 bits per heavy atom. The summed E-state index contributed by atoms with van der Waals surface area (Å²) in [4.78, 5) is 16.2. The molecule has 1 fully saturated rings. The summed E-state index contributed by atoms with van der Waals surface area (Å²) in [5.74, 6) is 1.28. The first kappa shape index (κ1) is 23.1. The molecular formula is C22H28N4O3S3. The molecule has 0 bridgehead atoms. The molecule has 1 aromatic rings. The Kier molecular flexibility index (Phi) is 7.11. The summed E-state index contributed by atoms with van der Waals surface area (Å²) in [6, 6.07) is 5.45. The van der Waals surface area contributed by atoms with Crippen molar-refractivity contribution in [3.05, 3.63) is 58.9 Å². The molecule has 0 atom stereocenters. The minimum absolute atomic E-state index is 0.126. The van der Waals surface area contributed by atoms with E-state index in [1.165, 1.54) is 12.1 Å². The molecule has 0 aromatic heterocycles. The SMILES string of the molecule is CC(C)CSc1ccc(C(=O)N2CCCCC2)c(NS(=O)(=O)C2=CC=CN3SNC=C23)c1. The Bertz CT molecular complexity index is 1070. The first-order chi connectivity index (χ1) is 15.3. The van der Waals surface area contributed by atoms with Crippen molar-refractivity contribution in [1.82, 2.24) is 13.9 Å². The number of rotatable bonds is 7. The van der Waals surface area contributed by atoms with E-state index in [0.29, 0.717) is 36.0 Å². The fraction of sp³-hybridized carbons (Fsp3) is 0.409. The molecule has 7 nitrogen and oxygen atoms in total. The van der Waals surface area contributed by atoms with Gasteiger partial charge in [-0.15, -0.1) is 11.8 Å². The Morgan fingerprint density at radius 2 is 2.03 bits per heavy atom. The number of carbonyl (C=O) groups is 1. The molecule has 172 valence electrons. The predicted octanol–water partition coefficient (Wildman–Crippen LogP) is 4.52. The van der Waals surface area contributed by atoms with Gasteiger partial charge in [0.1, 0.15) is 4.91 Å². The number of hydrogen-bond acceptors (Lipinski definition) is 7. The van der Waals surface area contributed by atoms with Crippen LogP contribution in [0.15, 0.2) is 58.2 Å². The van der Waals surface area contributed by atoms with E-state index >= 15 is 0 Å². The first-order valence-electron chi connectivity index (χ1n) is 10.7. The van der Waals surface area contributed by atoms with E-state index in [0.717, 1.165) is 29.9 Å². The number of likely N-dealkylation sites (tertiary alicyclic amines) is 1. The van der Waals surface area contributed by atoms with E-state index in [4.69, 9.17) is 0 Å². The van der Waals surface area contributed by atoms with Crippen LogP contribution in [-0.4, -0.2) is 42.4 Å². The molecule has 0 radical (unpaired) electrons. The summed E-state index contributed by atoms with van der Waals surface area (Å²) in [5.41, 5.74) is 1.27. The Morgan fingerprint density at radius 3 is 2.78 bits per heavy atom. The third-order valence-corrected chi connectivity index (χ3v) is 8.86. The smallest absolute Gasteiger partial charge is 0.264 e. The number of anilines is 1. The topological polar surface area (TPSA) is 81.8 Å². The van der Waals surface area contributed by atoms with E-state index in [1.807, 2.05) is 11.0 Å². The predicted molar refractivity (Wildman–Crippen MR) is 132 cm³/mol. The maximum Gasteiger partial charge on any atom is 0.264 e. The zero-order chi connectivity index (χ0) is 22.7. The van der Waals surface area contributed by atoms with Crippen LogP contribution < -0.4 is 9.44 Å². The molecule has 1 saturated heterocycles. The van der Waals surface area contributed by atoms with Gasteiger partial charge >= 0.3 is 0 Å². The average Bonchev–Trinajstić information content (AvgIpc) is 3.26. The van der Waals surface area contributed by atoms with E-state index in [1.54, 1.807) is 52.8 Å². The third kappa shape index (κ3) is 5.13. The third-order valence-electron chi connectivity index (χ3n) is 5.29. The maximum absolute atomic E-state index is 13.4. The maximum atomic E-state index is 13.4. The fourth-order valence-electron chi connectivity index (χ4n) is 3.68. The Hall–Kier alpha value is -2.04. The van der Waals surface area contributed by atoms with Crippen LogP contribution in [0.1, 0.15) is 43.5 Å². The lowest BCUT2D eigenvalue weighted by Gasteiger charge is -2.28. The van der Waals surface area contributed by atoms with E-state index in [9.17, 15) is 13.2 Å². The molecule has 3 heterocycles. The van der Waals surface area contributed by atoms with Crippen molar-refractivity contribution in [2.75, 3.05) is 23.6 Å². The van der Waals surface area contributed by atoms with Crippen LogP contribution in [0.3, 0.4) is 0 Å². The molecule has 3 aliphatic rings. The van der Waals surface area contributed by atoms with E-state index in [2.05, 4.69) is 23.3 Å². The van der Waals surface area contributed by atoms with Crippen LogP contribution in [0.4, 0.5) is 5.69 Å². The van der Waals surface area contributed by atoms with Gasteiger partial charge in [0.05, 0.1) is 29.1 Å². The zero-order valence-corrected chi connectivity index (χ0v) is 20.7. The van der Waals surface area contributed by atoms with Gasteiger partial charge in [0, 0.05) is 36.1 Å². The van der Waals surface area contributed by atoms with Crippen molar-refractivity contribution >= 4 is 45.5 Å². The van der Waals surface area contributed by atoms with Gasteiger partial charge in [0.15, 0.2) is 0 Å². The lowest BCUT2D eigenvalue weighted by molar-refractivity contribution is 0.0725. The highest BCUT2D eigenvalue weighted by Crippen LogP contribution is 2.35. The molecule has 0 saturated carbocycles. The minimum Gasteiger partial charge on any atom is -0.339 e. The molecule has 2 N–H and O–H groups in total. The molecule has 32 heavy (non-hydrogen) atoms. The van der Waals surface area contributed by atoms with Gasteiger partial charge in [-0.25, -0.2) is 8.42 Å². The Balaban J connectivity index is 1.66. The number of benzene rings is 1. The number of allylic oxidation sites excluding steroid dienone is 2. The number of sulfonamides is 1. The van der Waals surface area contributed by atoms with Crippen LogP contribution >= 0.6 is 23.9 Å². The summed E-state index contributed by atoms with van der Waals surface area (Å²) in [7, 11) is -3.91. The number of nitrogens with zero attached hydrogens (tertiary/aromatic N) is 2. The van der Waals surface area contributed by atoms with Gasteiger partial charge in [-0.1, -0.05) is 13.8 Å². The first-order valence-corrected chi connectivity index (χ1v) is 14.0. The Labute approximate surface area is 198 Å². The summed E-state index contributed by atoms with van der Waals surface area (Å²) in [6.45, 7) is 5.69. The van der Waals surface area contributed by atoms with Crippen LogP contribution in [0, 0.1) is 5.92 Å². The van der Waals surface area contributed by atoms with Crippen molar-refractivity contribution in [2.45, 2.75) is 38.0 Å². The monoisotopic (exact) mass is 492 g/mol. The molecule has 0 spiro atoms. The van der Waals surface area contributed by atoms with Crippen molar-refractivity contribution < 1.29 is 13.2 Å². The second-order valence-corrected chi connectivity index (χ2v) is 11.9. The quantitative estimate of drug-likeness (QED) is 0.428. The highest BCUT2D eigenvalue weighted by Gasteiger charge is 2.31. The fourth-order valence-corrected chi connectivity index (χ4v) is 6.54. The summed E-state index contributed by atoms with van der Waals surface area (Å²) < 4.78 is 34.2. The largest absolute Gasteiger partial charge is 0.339 e. The van der Waals surface area contributed by atoms with Gasteiger partial charge in [0.25, 0.3) is 15.9 Å². The van der Waals surface area contributed by atoms with Crippen LogP contribution in [0.25, 0.3) is 0 Å². The molecule has 1 aromatic carbocycles. The second-order valence-electron chi connectivity index (χ2n) is 8.31. The van der Waals surface area contributed by atoms with E-state index < -0.39 is 10.0 Å². The number of carbonyl (C=O) groups excluding carboxylic acids is 1. The average molecular weight is 493 g/mol. The number of thioether (sulfide) groups is 1. The number of hydrogen-bond donors (Lipinski definition) is 2. The number of nitrogens with one attached hydrogen (secondary N) is 2.